The second-order valence-electron chi connectivity index (χ2n) is 7.14. The zero-order chi connectivity index (χ0) is 21.7. The van der Waals surface area contributed by atoms with Crippen LogP contribution in [0.5, 0.6) is 0 Å². The van der Waals surface area contributed by atoms with Gasteiger partial charge in [0.25, 0.3) is 5.91 Å². The zero-order valence-corrected chi connectivity index (χ0v) is 18.7. The van der Waals surface area contributed by atoms with Gasteiger partial charge in [-0.05, 0) is 30.7 Å². The van der Waals surface area contributed by atoms with Gasteiger partial charge < -0.3 is 4.42 Å². The van der Waals surface area contributed by atoms with Gasteiger partial charge in [-0.3, -0.25) is 14.5 Å². The van der Waals surface area contributed by atoms with E-state index in [0.717, 1.165) is 11.4 Å². The van der Waals surface area contributed by atoms with Gasteiger partial charge in [0.05, 0.1) is 10.9 Å². The van der Waals surface area contributed by atoms with E-state index in [1.165, 1.54) is 22.3 Å². The number of halogens is 2. The van der Waals surface area contributed by atoms with Gasteiger partial charge >= 0.3 is 0 Å². The Labute approximate surface area is 188 Å². The first-order valence-corrected chi connectivity index (χ1v) is 11.3. The van der Waals surface area contributed by atoms with Crippen LogP contribution >= 0.6 is 27.3 Å². The molecule has 2 aromatic heterocycles. The highest BCUT2D eigenvalue weighted by atomic mass is 79.9. The molecular weight excluding hydrogens is 485 g/mol. The van der Waals surface area contributed by atoms with E-state index in [-0.39, 0.29) is 22.3 Å². The number of amides is 1. The first kappa shape index (κ1) is 20.0. The van der Waals surface area contributed by atoms with Gasteiger partial charge in [-0.2, -0.15) is 0 Å². The van der Waals surface area contributed by atoms with E-state index in [9.17, 15) is 14.0 Å². The fourth-order valence-corrected chi connectivity index (χ4v) is 5.12. The van der Waals surface area contributed by atoms with E-state index in [2.05, 4.69) is 26.1 Å². The minimum atomic E-state index is -0.995. The maximum atomic E-state index is 14.9. The van der Waals surface area contributed by atoms with E-state index in [1.54, 1.807) is 36.4 Å². The van der Waals surface area contributed by atoms with Gasteiger partial charge in [-0.25, -0.2) is 4.39 Å². The van der Waals surface area contributed by atoms with Crippen molar-refractivity contribution in [2.45, 2.75) is 25.8 Å². The fraction of sp³-hybridized carbons (Fsp3) is 0.182. The number of rotatable bonds is 4. The van der Waals surface area contributed by atoms with Crippen molar-refractivity contribution in [3.05, 3.63) is 84.9 Å². The lowest BCUT2D eigenvalue weighted by Gasteiger charge is -2.22. The molecule has 1 aliphatic rings. The average Bonchev–Trinajstić information content (AvgIpc) is 3.32. The highest BCUT2D eigenvalue weighted by molar-refractivity contribution is 9.10. The third kappa shape index (κ3) is 3.19. The second-order valence-corrected chi connectivity index (χ2v) is 9.10. The summed E-state index contributed by atoms with van der Waals surface area (Å²) in [6.07, 6.45) is 1.59. The van der Waals surface area contributed by atoms with E-state index in [4.69, 9.17) is 4.42 Å². The lowest BCUT2D eigenvalue weighted by Crippen LogP contribution is -2.30. The van der Waals surface area contributed by atoms with Crippen molar-refractivity contribution < 1.29 is 13.6 Å². The lowest BCUT2D eigenvalue weighted by atomic mass is 9.98. The third-order valence-corrected chi connectivity index (χ3v) is 6.63. The number of fused-ring (bicyclic) bond motifs is 2. The van der Waals surface area contributed by atoms with Gasteiger partial charge in [0.1, 0.15) is 22.4 Å². The van der Waals surface area contributed by atoms with Crippen molar-refractivity contribution in [1.82, 2.24) is 10.2 Å². The van der Waals surface area contributed by atoms with E-state index in [0.29, 0.717) is 27.0 Å². The SMILES string of the molecule is CCCc1nnc(N2C(=O)c3oc4ccc(Br)cc4c(=O)c3C2c2ccccc2F)s1. The quantitative estimate of drug-likeness (QED) is 0.383. The highest BCUT2D eigenvalue weighted by Gasteiger charge is 2.46. The average molecular weight is 500 g/mol. The zero-order valence-electron chi connectivity index (χ0n) is 16.3. The number of anilines is 1. The minimum absolute atomic E-state index is 0.0969. The van der Waals surface area contributed by atoms with Gasteiger partial charge in [-0.15, -0.1) is 10.2 Å². The smallest absolute Gasteiger partial charge is 0.297 e. The summed E-state index contributed by atoms with van der Waals surface area (Å²) in [5.74, 6) is -1.16. The van der Waals surface area contributed by atoms with Crippen LogP contribution in [0.15, 0.2) is 56.1 Å². The largest absolute Gasteiger partial charge is 0.450 e. The van der Waals surface area contributed by atoms with Crippen LogP contribution in [0.4, 0.5) is 9.52 Å². The van der Waals surface area contributed by atoms with Crippen LogP contribution in [0.1, 0.15) is 46.1 Å². The number of aromatic nitrogens is 2. The van der Waals surface area contributed by atoms with E-state index in [1.807, 2.05) is 6.92 Å². The maximum absolute atomic E-state index is 14.9. The van der Waals surface area contributed by atoms with Crippen molar-refractivity contribution in [3.8, 4) is 0 Å². The fourth-order valence-electron chi connectivity index (χ4n) is 3.79. The molecule has 1 aliphatic heterocycles. The first-order chi connectivity index (χ1) is 15.0. The molecule has 1 unspecified atom stereocenters. The van der Waals surface area contributed by atoms with Crippen LogP contribution in [-0.4, -0.2) is 16.1 Å². The molecular formula is C22H15BrFN3O3S. The summed E-state index contributed by atoms with van der Waals surface area (Å²) in [7, 11) is 0. The molecule has 0 N–H and O–H groups in total. The molecule has 6 nitrogen and oxygen atoms in total. The maximum Gasteiger partial charge on any atom is 0.297 e. The molecule has 0 radical (unpaired) electrons. The molecule has 5 rings (SSSR count). The predicted octanol–water partition coefficient (Wildman–Crippen LogP) is 5.25. The van der Waals surface area contributed by atoms with Crippen molar-refractivity contribution in [2.24, 2.45) is 0 Å². The Morgan fingerprint density at radius 3 is 2.77 bits per heavy atom. The van der Waals surface area contributed by atoms with Crippen molar-refractivity contribution in [2.75, 3.05) is 4.90 Å². The molecule has 31 heavy (non-hydrogen) atoms. The summed E-state index contributed by atoms with van der Waals surface area (Å²) in [5.41, 5.74) is 0.217. The van der Waals surface area contributed by atoms with Gasteiger partial charge in [0.2, 0.25) is 10.9 Å². The lowest BCUT2D eigenvalue weighted by molar-refractivity contribution is 0.0970. The number of benzene rings is 2. The summed E-state index contributed by atoms with van der Waals surface area (Å²) in [6.45, 7) is 2.02. The van der Waals surface area contributed by atoms with Crippen LogP contribution in [0.2, 0.25) is 0 Å². The van der Waals surface area contributed by atoms with Gasteiger partial charge in [0.15, 0.2) is 5.43 Å². The van der Waals surface area contributed by atoms with Crippen molar-refractivity contribution in [3.63, 3.8) is 0 Å². The minimum Gasteiger partial charge on any atom is -0.450 e. The molecule has 0 saturated heterocycles. The summed E-state index contributed by atoms with van der Waals surface area (Å²) in [6, 6.07) is 10.1. The van der Waals surface area contributed by atoms with Crippen LogP contribution in [-0.2, 0) is 6.42 Å². The van der Waals surface area contributed by atoms with Crippen LogP contribution < -0.4 is 10.3 Å². The molecule has 0 bridgehead atoms. The van der Waals surface area contributed by atoms with Crippen molar-refractivity contribution in [1.29, 1.82) is 0 Å². The van der Waals surface area contributed by atoms with Crippen LogP contribution in [0.25, 0.3) is 11.0 Å². The normalized spacial score (nSPS) is 15.6. The van der Waals surface area contributed by atoms with Crippen LogP contribution in [0, 0.1) is 5.82 Å². The Morgan fingerprint density at radius 2 is 2.00 bits per heavy atom. The molecule has 3 heterocycles. The number of hydrogen-bond donors (Lipinski definition) is 0. The highest BCUT2D eigenvalue weighted by Crippen LogP contribution is 2.43. The molecule has 1 atom stereocenters. The van der Waals surface area contributed by atoms with Crippen molar-refractivity contribution >= 4 is 49.3 Å². The molecule has 156 valence electrons. The summed E-state index contributed by atoms with van der Waals surface area (Å²) < 4.78 is 21.4. The monoisotopic (exact) mass is 499 g/mol. The number of aryl methyl sites for hydroxylation is 1. The summed E-state index contributed by atoms with van der Waals surface area (Å²) >= 11 is 4.62. The number of hydrogen-bond acceptors (Lipinski definition) is 6. The third-order valence-electron chi connectivity index (χ3n) is 5.16. The Kier molecular flexibility index (Phi) is 4.94. The molecule has 0 spiro atoms. The molecule has 0 saturated carbocycles. The Bertz CT molecular complexity index is 1400. The molecule has 4 aromatic rings. The van der Waals surface area contributed by atoms with Crippen LogP contribution in [0.3, 0.4) is 0 Å². The second kappa shape index (κ2) is 7.65. The van der Waals surface area contributed by atoms with E-state index < -0.39 is 17.8 Å². The topological polar surface area (TPSA) is 76.3 Å². The Hall–Kier alpha value is -2.91. The molecule has 2 aromatic carbocycles. The van der Waals surface area contributed by atoms with Gasteiger partial charge in [0, 0.05) is 16.5 Å². The predicted molar refractivity (Wildman–Crippen MR) is 119 cm³/mol. The molecule has 9 heteroatoms. The number of nitrogens with zero attached hydrogens (tertiary/aromatic N) is 3. The number of carbonyl (C=O) groups excluding carboxylic acids is 1. The van der Waals surface area contributed by atoms with Gasteiger partial charge in [-0.1, -0.05) is 52.4 Å². The number of carbonyl (C=O) groups is 1. The molecule has 0 fully saturated rings. The van der Waals surface area contributed by atoms with E-state index >= 15 is 0 Å². The Balaban J connectivity index is 1.79. The standard InChI is InChI=1S/C22H15BrFN3O3S/c1-2-5-16-25-26-22(31-16)27-18(12-6-3-4-7-14(12)24)17-19(28)13-10-11(23)8-9-15(13)30-20(17)21(27)29/h3-4,6-10,18H,2,5H2,1H3. The summed E-state index contributed by atoms with van der Waals surface area (Å²) in [4.78, 5) is 28.2. The molecule has 0 aliphatic carbocycles. The molecule has 1 amide bonds. The first-order valence-electron chi connectivity index (χ1n) is 9.66. The Morgan fingerprint density at radius 1 is 1.19 bits per heavy atom. The summed E-state index contributed by atoms with van der Waals surface area (Å²) in [5, 5.41) is 9.70.